The zero-order chi connectivity index (χ0) is 20.1. The Kier molecular flexibility index (Phi) is 6.34. The van der Waals surface area contributed by atoms with E-state index in [1.165, 1.54) is 0 Å². The molecule has 0 fully saturated rings. The third-order valence-corrected chi connectivity index (χ3v) is 4.71. The molecule has 0 radical (unpaired) electrons. The van der Waals surface area contributed by atoms with Crippen molar-refractivity contribution in [3.63, 3.8) is 0 Å². The third-order valence-electron chi connectivity index (χ3n) is 4.47. The summed E-state index contributed by atoms with van der Waals surface area (Å²) < 4.78 is 6.84. The van der Waals surface area contributed by atoms with Crippen molar-refractivity contribution in [2.75, 3.05) is 27.7 Å². The van der Waals surface area contributed by atoms with Gasteiger partial charge in [-0.1, -0.05) is 29.8 Å². The number of hydrogen-bond acceptors (Lipinski definition) is 4. The summed E-state index contributed by atoms with van der Waals surface area (Å²) in [4.78, 5) is 14.6. The molecule has 1 amide bonds. The summed E-state index contributed by atoms with van der Waals surface area (Å²) in [5.41, 5.74) is 2.25. The van der Waals surface area contributed by atoms with Crippen LogP contribution in [0.3, 0.4) is 0 Å². The maximum atomic E-state index is 12.6. The molecule has 3 aromatic rings. The number of benzene rings is 2. The normalized spacial score (nSPS) is 12.0. The molecule has 0 spiro atoms. The van der Waals surface area contributed by atoms with Gasteiger partial charge in [0.2, 0.25) is 0 Å². The Morgan fingerprint density at radius 1 is 1.21 bits per heavy atom. The van der Waals surface area contributed by atoms with Gasteiger partial charge in [-0.15, -0.1) is 0 Å². The van der Waals surface area contributed by atoms with E-state index < -0.39 is 0 Å². The molecule has 0 saturated carbocycles. The highest BCUT2D eigenvalue weighted by Gasteiger charge is 2.17. The average molecular weight is 399 g/mol. The number of hydrogen-bond donors (Lipinski definition) is 1. The molecular formula is C21H23ClN4O2. The van der Waals surface area contributed by atoms with E-state index in [-0.39, 0.29) is 11.9 Å². The maximum absolute atomic E-state index is 12.6. The molecular weight excluding hydrogens is 376 g/mol. The zero-order valence-electron chi connectivity index (χ0n) is 16.1. The summed E-state index contributed by atoms with van der Waals surface area (Å²) in [5, 5.41) is 7.94. The van der Waals surface area contributed by atoms with Gasteiger partial charge in [-0.3, -0.25) is 4.79 Å². The number of nitrogens with zero attached hydrogens (tertiary/aromatic N) is 3. The lowest BCUT2D eigenvalue weighted by Gasteiger charge is -2.25. The van der Waals surface area contributed by atoms with Crippen LogP contribution in [-0.2, 0) is 0 Å². The minimum atomic E-state index is -0.221. The molecule has 0 aliphatic heterocycles. The molecule has 1 atom stereocenters. The fraction of sp³-hybridized carbons (Fsp3) is 0.238. The molecule has 6 nitrogen and oxygen atoms in total. The quantitative estimate of drug-likeness (QED) is 0.661. The Morgan fingerprint density at radius 3 is 2.61 bits per heavy atom. The second-order valence-corrected chi connectivity index (χ2v) is 7.02. The van der Waals surface area contributed by atoms with Crippen molar-refractivity contribution in [3.05, 3.63) is 77.1 Å². The molecule has 1 aromatic heterocycles. The molecule has 0 bridgehead atoms. The zero-order valence-corrected chi connectivity index (χ0v) is 16.8. The van der Waals surface area contributed by atoms with Crippen LogP contribution in [0.1, 0.15) is 22.1 Å². The molecule has 2 aromatic carbocycles. The van der Waals surface area contributed by atoms with Crippen LogP contribution in [0.2, 0.25) is 5.02 Å². The second kappa shape index (κ2) is 8.91. The number of nitrogens with one attached hydrogen (secondary N) is 1. The number of halogens is 1. The summed E-state index contributed by atoms with van der Waals surface area (Å²) in [6, 6.07) is 16.9. The Hall–Kier alpha value is -2.83. The standard InChI is InChI=1S/C21H23ClN4O2/c1-25(2)20(15-7-9-18(28-3)10-8-15)14-23-21(27)19-11-12-26(24-19)17-6-4-5-16(22)13-17/h4-13,20H,14H2,1-3H3,(H,23,27). The Labute approximate surface area is 169 Å². The number of ether oxygens (including phenoxy) is 1. The van der Waals surface area contributed by atoms with Crippen LogP contribution in [0.4, 0.5) is 0 Å². The monoisotopic (exact) mass is 398 g/mol. The van der Waals surface area contributed by atoms with Gasteiger partial charge in [0.05, 0.1) is 18.8 Å². The first-order chi connectivity index (χ1) is 13.5. The number of methoxy groups -OCH3 is 1. The van der Waals surface area contributed by atoms with E-state index in [2.05, 4.69) is 15.3 Å². The largest absolute Gasteiger partial charge is 0.497 e. The van der Waals surface area contributed by atoms with E-state index in [9.17, 15) is 4.79 Å². The van der Waals surface area contributed by atoms with Crippen molar-refractivity contribution in [1.82, 2.24) is 20.0 Å². The van der Waals surface area contributed by atoms with Crippen LogP contribution >= 0.6 is 11.6 Å². The summed E-state index contributed by atoms with van der Waals surface area (Å²) in [6.45, 7) is 0.461. The molecule has 28 heavy (non-hydrogen) atoms. The van der Waals surface area contributed by atoms with E-state index in [4.69, 9.17) is 16.3 Å². The smallest absolute Gasteiger partial charge is 0.271 e. The van der Waals surface area contributed by atoms with Gasteiger partial charge in [-0.2, -0.15) is 5.10 Å². The summed E-state index contributed by atoms with van der Waals surface area (Å²) >= 11 is 6.02. The Morgan fingerprint density at radius 2 is 1.96 bits per heavy atom. The van der Waals surface area contributed by atoms with Gasteiger partial charge in [0, 0.05) is 17.8 Å². The minimum absolute atomic E-state index is 0.0323. The fourth-order valence-corrected chi connectivity index (χ4v) is 3.10. The highest BCUT2D eigenvalue weighted by molar-refractivity contribution is 6.30. The molecule has 1 N–H and O–H groups in total. The number of rotatable bonds is 7. The molecule has 0 aliphatic carbocycles. The van der Waals surface area contributed by atoms with Crippen molar-refractivity contribution in [1.29, 1.82) is 0 Å². The molecule has 0 aliphatic rings. The Bertz CT molecular complexity index is 938. The number of amides is 1. The SMILES string of the molecule is COc1ccc(C(CNC(=O)c2ccn(-c3cccc(Cl)c3)n2)N(C)C)cc1. The average Bonchev–Trinajstić information content (AvgIpc) is 3.18. The van der Waals surface area contributed by atoms with Crippen molar-refractivity contribution in [2.24, 2.45) is 0 Å². The van der Waals surface area contributed by atoms with Gasteiger partial charge in [0.15, 0.2) is 5.69 Å². The number of carbonyl (C=O) groups excluding carboxylic acids is 1. The minimum Gasteiger partial charge on any atom is -0.497 e. The van der Waals surface area contributed by atoms with Gasteiger partial charge in [0.1, 0.15) is 5.75 Å². The van der Waals surface area contributed by atoms with Crippen LogP contribution in [0, 0.1) is 0 Å². The van der Waals surface area contributed by atoms with E-state index in [1.54, 1.807) is 36.2 Å². The molecule has 1 unspecified atom stereocenters. The predicted octanol–water partition coefficient (Wildman–Crippen LogP) is 3.57. The fourth-order valence-electron chi connectivity index (χ4n) is 2.91. The lowest BCUT2D eigenvalue weighted by molar-refractivity contribution is 0.0936. The number of aromatic nitrogens is 2. The lowest BCUT2D eigenvalue weighted by Crippen LogP contribution is -2.34. The first-order valence-electron chi connectivity index (χ1n) is 8.88. The first kappa shape index (κ1) is 19.9. The first-order valence-corrected chi connectivity index (χ1v) is 9.26. The summed E-state index contributed by atoms with van der Waals surface area (Å²) in [5.74, 6) is 0.581. The summed E-state index contributed by atoms with van der Waals surface area (Å²) in [7, 11) is 5.60. The van der Waals surface area contributed by atoms with Crippen LogP contribution in [0.25, 0.3) is 5.69 Å². The van der Waals surface area contributed by atoms with Gasteiger partial charge in [-0.05, 0) is 56.1 Å². The van der Waals surface area contributed by atoms with Crippen LogP contribution in [0.5, 0.6) is 5.75 Å². The van der Waals surface area contributed by atoms with Gasteiger partial charge in [0.25, 0.3) is 5.91 Å². The van der Waals surface area contributed by atoms with E-state index in [1.807, 2.05) is 50.5 Å². The van der Waals surface area contributed by atoms with Crippen molar-refractivity contribution < 1.29 is 9.53 Å². The molecule has 146 valence electrons. The van der Waals surface area contributed by atoms with Crippen LogP contribution in [0.15, 0.2) is 60.8 Å². The Balaban J connectivity index is 1.68. The van der Waals surface area contributed by atoms with Crippen LogP contribution in [-0.4, -0.2) is 48.3 Å². The van der Waals surface area contributed by atoms with Crippen LogP contribution < -0.4 is 10.1 Å². The topological polar surface area (TPSA) is 59.4 Å². The highest BCUT2D eigenvalue weighted by atomic mass is 35.5. The molecule has 3 rings (SSSR count). The highest BCUT2D eigenvalue weighted by Crippen LogP contribution is 2.21. The van der Waals surface area contributed by atoms with E-state index in [0.717, 1.165) is 17.0 Å². The van der Waals surface area contributed by atoms with Crippen molar-refractivity contribution in [2.45, 2.75) is 6.04 Å². The predicted molar refractivity (Wildman–Crippen MR) is 110 cm³/mol. The van der Waals surface area contributed by atoms with Gasteiger partial charge < -0.3 is 15.0 Å². The van der Waals surface area contributed by atoms with Gasteiger partial charge >= 0.3 is 0 Å². The number of carbonyl (C=O) groups is 1. The lowest BCUT2D eigenvalue weighted by atomic mass is 10.1. The summed E-state index contributed by atoms with van der Waals surface area (Å²) in [6.07, 6.45) is 1.74. The van der Waals surface area contributed by atoms with Crippen molar-refractivity contribution >= 4 is 17.5 Å². The second-order valence-electron chi connectivity index (χ2n) is 6.59. The van der Waals surface area contributed by atoms with E-state index >= 15 is 0 Å². The number of likely N-dealkylation sites (N-methyl/N-ethyl adjacent to an activating group) is 1. The third kappa shape index (κ3) is 4.71. The van der Waals surface area contributed by atoms with Gasteiger partial charge in [-0.25, -0.2) is 4.68 Å². The molecule has 1 heterocycles. The molecule has 0 saturated heterocycles. The van der Waals surface area contributed by atoms with E-state index in [0.29, 0.717) is 17.3 Å². The van der Waals surface area contributed by atoms with Crippen molar-refractivity contribution in [3.8, 4) is 11.4 Å². The molecule has 7 heteroatoms. The maximum Gasteiger partial charge on any atom is 0.271 e.